The first-order chi connectivity index (χ1) is 16.0. The summed E-state index contributed by atoms with van der Waals surface area (Å²) in [5.41, 5.74) is 9.66. The molecule has 0 saturated carbocycles. The maximum Gasteiger partial charge on any atom is 0.348 e. The van der Waals surface area contributed by atoms with Gasteiger partial charge in [0.25, 0.3) is 0 Å². The molecule has 0 radical (unpaired) electrons. The third-order valence-corrected chi connectivity index (χ3v) is 6.86. The highest BCUT2D eigenvalue weighted by Crippen LogP contribution is 2.37. The Morgan fingerprint density at radius 2 is 2.09 bits per heavy atom. The molecule has 0 aliphatic heterocycles. The SMILES string of the molecule is CCOC(=O)c1sc(N)c(C#N)c1CSc1nnc(-c2cccnc2)n1-c1ccccc1C. The van der Waals surface area contributed by atoms with Crippen molar-refractivity contribution in [2.24, 2.45) is 0 Å². The Balaban J connectivity index is 1.77. The lowest BCUT2D eigenvalue weighted by atomic mass is 10.2. The van der Waals surface area contributed by atoms with Gasteiger partial charge in [0.1, 0.15) is 15.9 Å². The molecule has 0 atom stereocenters. The average Bonchev–Trinajstić information content (AvgIpc) is 3.39. The van der Waals surface area contributed by atoms with Crippen molar-refractivity contribution in [3.05, 3.63) is 70.4 Å². The van der Waals surface area contributed by atoms with E-state index < -0.39 is 5.97 Å². The van der Waals surface area contributed by atoms with Gasteiger partial charge < -0.3 is 10.5 Å². The Morgan fingerprint density at radius 3 is 2.79 bits per heavy atom. The van der Waals surface area contributed by atoms with Crippen molar-refractivity contribution < 1.29 is 9.53 Å². The zero-order valence-corrected chi connectivity index (χ0v) is 19.6. The van der Waals surface area contributed by atoms with Gasteiger partial charge in [-0.05, 0) is 37.6 Å². The number of hydrogen-bond acceptors (Lipinski definition) is 9. The molecular formula is C23H20N6O2S2. The number of aromatic nitrogens is 4. The van der Waals surface area contributed by atoms with Crippen molar-refractivity contribution in [2.45, 2.75) is 24.8 Å². The van der Waals surface area contributed by atoms with Gasteiger partial charge in [-0.1, -0.05) is 30.0 Å². The van der Waals surface area contributed by atoms with E-state index in [4.69, 9.17) is 10.5 Å². The number of esters is 1. The second-order valence-corrected chi connectivity index (χ2v) is 8.93. The lowest BCUT2D eigenvalue weighted by Gasteiger charge is -2.13. The van der Waals surface area contributed by atoms with Gasteiger partial charge >= 0.3 is 5.97 Å². The van der Waals surface area contributed by atoms with E-state index in [0.29, 0.717) is 37.7 Å². The van der Waals surface area contributed by atoms with Gasteiger partial charge in [-0.3, -0.25) is 9.55 Å². The summed E-state index contributed by atoms with van der Waals surface area (Å²) in [6.07, 6.45) is 3.44. The number of pyridine rings is 1. The van der Waals surface area contributed by atoms with Crippen molar-refractivity contribution in [3.8, 4) is 23.1 Å². The lowest BCUT2D eigenvalue weighted by molar-refractivity contribution is 0.0531. The number of para-hydroxylation sites is 1. The molecule has 166 valence electrons. The molecule has 0 bridgehead atoms. The number of ether oxygens (including phenoxy) is 1. The minimum Gasteiger partial charge on any atom is -0.462 e. The number of nitrogens with zero attached hydrogens (tertiary/aromatic N) is 5. The smallest absolute Gasteiger partial charge is 0.348 e. The second-order valence-electron chi connectivity index (χ2n) is 6.94. The van der Waals surface area contributed by atoms with E-state index in [1.165, 1.54) is 11.8 Å². The maximum absolute atomic E-state index is 12.5. The first-order valence-corrected chi connectivity index (χ1v) is 11.9. The van der Waals surface area contributed by atoms with E-state index in [9.17, 15) is 10.1 Å². The number of thiophene rings is 1. The molecule has 0 aliphatic rings. The van der Waals surface area contributed by atoms with Crippen LogP contribution in [0.2, 0.25) is 0 Å². The van der Waals surface area contributed by atoms with Crippen molar-refractivity contribution in [1.82, 2.24) is 19.7 Å². The minimum atomic E-state index is -0.484. The van der Waals surface area contributed by atoms with Crippen LogP contribution in [0.5, 0.6) is 0 Å². The van der Waals surface area contributed by atoms with E-state index in [2.05, 4.69) is 21.3 Å². The zero-order valence-electron chi connectivity index (χ0n) is 18.0. The van der Waals surface area contributed by atoms with Crippen LogP contribution >= 0.6 is 23.1 Å². The summed E-state index contributed by atoms with van der Waals surface area (Å²) in [6.45, 7) is 3.99. The summed E-state index contributed by atoms with van der Waals surface area (Å²) in [4.78, 5) is 17.0. The molecule has 10 heteroatoms. The summed E-state index contributed by atoms with van der Waals surface area (Å²) in [6, 6.07) is 13.8. The summed E-state index contributed by atoms with van der Waals surface area (Å²) < 4.78 is 7.12. The number of carbonyl (C=O) groups is 1. The van der Waals surface area contributed by atoms with Crippen molar-refractivity contribution in [3.63, 3.8) is 0 Å². The molecular weight excluding hydrogens is 456 g/mol. The highest BCUT2D eigenvalue weighted by molar-refractivity contribution is 7.98. The summed E-state index contributed by atoms with van der Waals surface area (Å²) in [7, 11) is 0. The molecule has 33 heavy (non-hydrogen) atoms. The molecule has 0 spiro atoms. The predicted octanol–water partition coefficient (Wildman–Crippen LogP) is 4.62. The Hall–Kier alpha value is -3.68. The van der Waals surface area contributed by atoms with E-state index in [1.54, 1.807) is 19.3 Å². The number of anilines is 1. The van der Waals surface area contributed by atoms with Crippen LogP contribution in [0.4, 0.5) is 5.00 Å². The summed E-state index contributed by atoms with van der Waals surface area (Å²) >= 11 is 2.44. The van der Waals surface area contributed by atoms with E-state index >= 15 is 0 Å². The van der Waals surface area contributed by atoms with Crippen LogP contribution in [0.1, 0.15) is 33.3 Å². The number of benzene rings is 1. The van der Waals surface area contributed by atoms with Crippen molar-refractivity contribution in [2.75, 3.05) is 12.3 Å². The standard InChI is InChI=1S/C23H20N6O2S2/c1-3-31-22(30)19-17(16(11-24)20(25)33-19)13-32-23-28-27-21(15-8-6-10-26-12-15)29(23)18-9-5-4-7-14(18)2/h4-10,12H,3,13,25H2,1-2H3. The van der Waals surface area contributed by atoms with E-state index in [-0.39, 0.29) is 6.61 Å². The number of thioether (sulfide) groups is 1. The fourth-order valence-electron chi connectivity index (χ4n) is 3.32. The zero-order chi connectivity index (χ0) is 23.4. The lowest BCUT2D eigenvalue weighted by Crippen LogP contribution is -2.06. The summed E-state index contributed by atoms with van der Waals surface area (Å²) in [5.74, 6) is 0.473. The Bertz CT molecular complexity index is 1340. The van der Waals surface area contributed by atoms with Crippen LogP contribution in [-0.2, 0) is 10.5 Å². The molecule has 2 N–H and O–H groups in total. The van der Waals surface area contributed by atoms with Gasteiger partial charge in [0.05, 0.1) is 17.9 Å². The Labute approximate surface area is 199 Å². The molecule has 0 amide bonds. The Morgan fingerprint density at radius 1 is 1.27 bits per heavy atom. The van der Waals surface area contributed by atoms with Gasteiger partial charge in [-0.2, -0.15) is 5.26 Å². The predicted molar refractivity (Wildman–Crippen MR) is 128 cm³/mol. The molecule has 0 aliphatic carbocycles. The largest absolute Gasteiger partial charge is 0.462 e. The van der Waals surface area contributed by atoms with Crippen LogP contribution in [-0.4, -0.2) is 32.3 Å². The number of aryl methyl sites for hydroxylation is 1. The topological polar surface area (TPSA) is 120 Å². The first-order valence-electron chi connectivity index (χ1n) is 10.1. The van der Waals surface area contributed by atoms with E-state index in [1.807, 2.05) is 47.9 Å². The van der Waals surface area contributed by atoms with Gasteiger partial charge in [0.15, 0.2) is 11.0 Å². The fourth-order valence-corrected chi connectivity index (χ4v) is 5.32. The first kappa shape index (κ1) is 22.5. The monoisotopic (exact) mass is 476 g/mol. The van der Waals surface area contributed by atoms with Crippen LogP contribution in [0.25, 0.3) is 17.1 Å². The Kier molecular flexibility index (Phi) is 6.72. The number of nitrogens with two attached hydrogens (primary N) is 1. The molecule has 0 unspecified atom stereocenters. The third-order valence-electron chi connectivity index (χ3n) is 4.86. The number of nitriles is 1. The third kappa shape index (κ3) is 4.46. The second kappa shape index (κ2) is 9.85. The molecule has 1 aromatic carbocycles. The summed E-state index contributed by atoms with van der Waals surface area (Å²) in [5, 5.41) is 19.4. The van der Waals surface area contributed by atoms with Crippen LogP contribution < -0.4 is 5.73 Å². The maximum atomic E-state index is 12.5. The van der Waals surface area contributed by atoms with Crippen LogP contribution in [0.15, 0.2) is 53.9 Å². The highest BCUT2D eigenvalue weighted by Gasteiger charge is 2.24. The minimum absolute atomic E-state index is 0.237. The van der Waals surface area contributed by atoms with Gasteiger partial charge in [-0.15, -0.1) is 21.5 Å². The fraction of sp³-hybridized carbons (Fsp3) is 0.174. The van der Waals surface area contributed by atoms with Crippen LogP contribution in [0, 0.1) is 18.3 Å². The normalized spacial score (nSPS) is 10.7. The molecule has 4 rings (SSSR count). The van der Waals surface area contributed by atoms with E-state index in [0.717, 1.165) is 28.2 Å². The molecule has 8 nitrogen and oxygen atoms in total. The number of hydrogen-bond donors (Lipinski definition) is 1. The van der Waals surface area contributed by atoms with Gasteiger partial charge in [0.2, 0.25) is 0 Å². The van der Waals surface area contributed by atoms with Crippen LogP contribution in [0.3, 0.4) is 0 Å². The van der Waals surface area contributed by atoms with Gasteiger partial charge in [0, 0.05) is 29.3 Å². The number of rotatable bonds is 7. The average molecular weight is 477 g/mol. The molecule has 3 heterocycles. The molecule has 3 aromatic heterocycles. The number of nitrogen functional groups attached to an aromatic ring is 1. The molecule has 4 aromatic rings. The van der Waals surface area contributed by atoms with Gasteiger partial charge in [-0.25, -0.2) is 4.79 Å². The highest BCUT2D eigenvalue weighted by atomic mass is 32.2. The molecule has 0 fully saturated rings. The molecule has 0 saturated heterocycles. The number of carbonyl (C=O) groups excluding carboxylic acids is 1. The quantitative estimate of drug-likeness (QED) is 0.303. The van der Waals surface area contributed by atoms with Crippen molar-refractivity contribution >= 4 is 34.1 Å². The van der Waals surface area contributed by atoms with Crippen molar-refractivity contribution in [1.29, 1.82) is 5.26 Å².